The molecule has 0 spiro atoms. The Morgan fingerprint density at radius 1 is 1.12 bits per heavy atom. The highest BCUT2D eigenvalue weighted by Crippen LogP contribution is 2.30. The predicted octanol–water partition coefficient (Wildman–Crippen LogP) is 2.78. The van der Waals surface area contributed by atoms with E-state index < -0.39 is 20.6 Å². The van der Waals surface area contributed by atoms with Gasteiger partial charge in [0.1, 0.15) is 0 Å². The zero-order valence-electron chi connectivity index (χ0n) is 15.0. The maximum atomic E-state index is 12.6. The van der Waals surface area contributed by atoms with Gasteiger partial charge in [-0.05, 0) is 43.5 Å². The van der Waals surface area contributed by atoms with Crippen LogP contribution in [0.3, 0.4) is 0 Å². The topological polar surface area (TPSA) is 83.6 Å². The first-order valence-corrected chi connectivity index (χ1v) is 12.1. The van der Waals surface area contributed by atoms with Crippen molar-refractivity contribution in [3.8, 4) is 0 Å². The van der Waals surface area contributed by atoms with Gasteiger partial charge in [0.15, 0.2) is 9.84 Å². The van der Waals surface area contributed by atoms with Crippen LogP contribution in [0.2, 0.25) is 0 Å². The van der Waals surface area contributed by atoms with E-state index in [0.29, 0.717) is 29.4 Å². The molecule has 0 radical (unpaired) electrons. The van der Waals surface area contributed by atoms with Crippen LogP contribution in [-0.4, -0.2) is 52.9 Å². The number of hydrogen-bond acceptors (Lipinski definition) is 4. The van der Waals surface area contributed by atoms with Crippen LogP contribution in [-0.2, 0) is 20.6 Å². The van der Waals surface area contributed by atoms with Gasteiger partial charge in [-0.15, -0.1) is 0 Å². The summed E-state index contributed by atoms with van der Waals surface area (Å²) in [6, 6.07) is 6.19. The van der Waals surface area contributed by atoms with Gasteiger partial charge < -0.3 is 10.2 Å². The molecule has 26 heavy (non-hydrogen) atoms. The molecule has 3 rings (SSSR count). The molecule has 1 aliphatic carbocycles. The van der Waals surface area contributed by atoms with Gasteiger partial charge in [-0.2, -0.15) is 0 Å². The highest BCUT2D eigenvalue weighted by atomic mass is 32.2. The van der Waals surface area contributed by atoms with Gasteiger partial charge in [0.2, 0.25) is 0 Å². The van der Waals surface area contributed by atoms with Gasteiger partial charge in [0.25, 0.3) is 0 Å². The fourth-order valence-corrected chi connectivity index (χ4v) is 6.53. The van der Waals surface area contributed by atoms with Crippen molar-refractivity contribution in [2.24, 2.45) is 0 Å². The lowest BCUT2D eigenvalue weighted by Gasteiger charge is -2.20. The number of sulfone groups is 1. The number of amides is 2. The molecule has 0 unspecified atom stereocenters. The smallest absolute Gasteiger partial charge is 0.321 e. The number of anilines is 1. The van der Waals surface area contributed by atoms with Crippen LogP contribution in [0.25, 0.3) is 0 Å². The molecular weight excluding hydrogens is 372 g/mol. The Kier molecular flexibility index (Phi) is 6.02. The first-order chi connectivity index (χ1) is 12.4. The molecule has 2 aliphatic rings. The normalized spacial score (nSPS) is 25.0. The number of nitrogens with zero attached hydrogens (tertiary/aromatic N) is 1. The van der Waals surface area contributed by atoms with Gasteiger partial charge in [-0.1, -0.05) is 19.8 Å². The molecule has 1 saturated carbocycles. The first kappa shape index (κ1) is 19.4. The predicted molar refractivity (Wildman–Crippen MR) is 104 cm³/mol. The van der Waals surface area contributed by atoms with E-state index in [0.717, 1.165) is 32.1 Å². The molecule has 2 amide bonds. The third-order valence-corrected chi connectivity index (χ3v) is 9.28. The summed E-state index contributed by atoms with van der Waals surface area (Å²) in [6.07, 6.45) is 4.12. The largest absolute Gasteiger partial charge is 0.324 e. The number of benzene rings is 1. The second-order valence-electron chi connectivity index (χ2n) is 7.08. The molecule has 1 aliphatic heterocycles. The van der Waals surface area contributed by atoms with Gasteiger partial charge in [0.05, 0.1) is 10.1 Å². The summed E-state index contributed by atoms with van der Waals surface area (Å²) < 4.78 is 37.1. The van der Waals surface area contributed by atoms with E-state index in [1.54, 1.807) is 29.2 Å². The fourth-order valence-electron chi connectivity index (χ4n) is 3.51. The molecule has 6 nitrogen and oxygen atoms in total. The van der Waals surface area contributed by atoms with Crippen molar-refractivity contribution in [1.82, 2.24) is 4.90 Å². The minimum absolute atomic E-state index is 0.105. The van der Waals surface area contributed by atoms with Crippen LogP contribution in [0.4, 0.5) is 10.5 Å². The van der Waals surface area contributed by atoms with E-state index in [-0.39, 0.29) is 16.5 Å². The molecule has 0 bridgehead atoms. The van der Waals surface area contributed by atoms with Crippen LogP contribution in [0.5, 0.6) is 0 Å². The average molecular weight is 399 g/mol. The van der Waals surface area contributed by atoms with Crippen molar-refractivity contribution >= 4 is 32.4 Å². The van der Waals surface area contributed by atoms with Gasteiger partial charge in [0, 0.05) is 40.6 Å². The SMILES string of the molecule is C[C@@H]1CCN(C(=O)Nc2ccc(S(=O)(=O)C3CCCC3)cc2)CC[S@@]1=O. The summed E-state index contributed by atoms with van der Waals surface area (Å²) in [5, 5.41) is 2.64. The van der Waals surface area contributed by atoms with Crippen molar-refractivity contribution in [2.75, 3.05) is 24.2 Å². The molecule has 0 aromatic heterocycles. The van der Waals surface area contributed by atoms with Crippen LogP contribution in [0.15, 0.2) is 29.2 Å². The van der Waals surface area contributed by atoms with E-state index >= 15 is 0 Å². The van der Waals surface area contributed by atoms with Crippen LogP contribution in [0, 0.1) is 0 Å². The number of carbonyl (C=O) groups is 1. The average Bonchev–Trinajstić information content (AvgIpc) is 3.11. The third-order valence-electron chi connectivity index (χ3n) is 5.28. The van der Waals surface area contributed by atoms with E-state index in [4.69, 9.17) is 0 Å². The Balaban J connectivity index is 1.64. The summed E-state index contributed by atoms with van der Waals surface area (Å²) in [5.41, 5.74) is 0.568. The molecule has 144 valence electrons. The van der Waals surface area contributed by atoms with Gasteiger partial charge in [-0.3, -0.25) is 4.21 Å². The highest BCUT2D eigenvalue weighted by Gasteiger charge is 2.30. The summed E-state index contributed by atoms with van der Waals surface area (Å²) >= 11 is 0. The van der Waals surface area contributed by atoms with Crippen LogP contribution >= 0.6 is 0 Å². The lowest BCUT2D eigenvalue weighted by atomic mass is 10.3. The Morgan fingerprint density at radius 2 is 1.77 bits per heavy atom. The molecular formula is C18H26N2O4S2. The van der Waals surface area contributed by atoms with E-state index in [2.05, 4.69) is 5.32 Å². The second kappa shape index (κ2) is 8.08. The minimum atomic E-state index is -3.28. The van der Waals surface area contributed by atoms with Crippen LogP contribution < -0.4 is 5.32 Å². The van der Waals surface area contributed by atoms with Gasteiger partial charge >= 0.3 is 6.03 Å². The summed E-state index contributed by atoms with van der Waals surface area (Å²) in [4.78, 5) is 14.4. The summed E-state index contributed by atoms with van der Waals surface area (Å²) in [7, 11) is -4.17. The molecule has 2 fully saturated rings. The number of urea groups is 1. The highest BCUT2D eigenvalue weighted by molar-refractivity contribution is 7.92. The zero-order valence-corrected chi connectivity index (χ0v) is 16.7. The molecule has 1 aromatic rings. The van der Waals surface area contributed by atoms with E-state index in [1.165, 1.54) is 0 Å². The van der Waals surface area contributed by atoms with Crippen molar-refractivity contribution in [3.63, 3.8) is 0 Å². The Labute approximate surface area is 157 Å². The number of hydrogen-bond donors (Lipinski definition) is 1. The summed E-state index contributed by atoms with van der Waals surface area (Å²) in [6.45, 7) is 2.99. The standard InChI is InChI=1S/C18H26N2O4S2/c1-14-10-11-20(12-13-25(14)22)18(21)19-15-6-8-17(9-7-15)26(23,24)16-4-2-3-5-16/h6-9,14,16H,2-5,10-13H2,1H3,(H,19,21)/t14-,25+/m1/s1. The maximum Gasteiger partial charge on any atom is 0.321 e. The zero-order chi connectivity index (χ0) is 18.7. The maximum absolute atomic E-state index is 12.6. The molecule has 8 heteroatoms. The summed E-state index contributed by atoms with van der Waals surface area (Å²) in [5.74, 6) is 0.493. The second-order valence-corrected chi connectivity index (χ2v) is 11.3. The van der Waals surface area contributed by atoms with Crippen molar-refractivity contribution in [1.29, 1.82) is 0 Å². The lowest BCUT2D eigenvalue weighted by Crippen LogP contribution is -2.36. The molecule has 1 aromatic carbocycles. The molecule has 1 heterocycles. The quantitative estimate of drug-likeness (QED) is 0.849. The number of nitrogens with one attached hydrogen (secondary N) is 1. The van der Waals surface area contributed by atoms with E-state index in [9.17, 15) is 17.4 Å². The molecule has 1 saturated heterocycles. The monoisotopic (exact) mass is 398 g/mol. The third kappa shape index (κ3) is 4.28. The minimum Gasteiger partial charge on any atom is -0.324 e. The van der Waals surface area contributed by atoms with Crippen molar-refractivity contribution in [3.05, 3.63) is 24.3 Å². The Hall–Kier alpha value is -1.41. The molecule has 2 atom stereocenters. The lowest BCUT2D eigenvalue weighted by molar-refractivity contribution is 0.215. The van der Waals surface area contributed by atoms with Crippen molar-refractivity contribution < 1.29 is 17.4 Å². The first-order valence-electron chi connectivity index (χ1n) is 9.15. The Morgan fingerprint density at radius 3 is 2.42 bits per heavy atom. The van der Waals surface area contributed by atoms with Gasteiger partial charge in [-0.25, -0.2) is 13.2 Å². The molecule has 1 N–H and O–H groups in total. The number of carbonyl (C=O) groups excluding carboxylic acids is 1. The fraction of sp³-hybridized carbons (Fsp3) is 0.611. The Bertz CT molecular complexity index is 771. The number of rotatable bonds is 3. The van der Waals surface area contributed by atoms with Crippen LogP contribution in [0.1, 0.15) is 39.0 Å². The van der Waals surface area contributed by atoms with E-state index in [1.807, 2.05) is 6.92 Å². The van der Waals surface area contributed by atoms with Crippen molar-refractivity contribution in [2.45, 2.75) is 54.4 Å².